The number of aromatic nitrogens is 1. The third-order valence-corrected chi connectivity index (χ3v) is 2.95. The van der Waals surface area contributed by atoms with Gasteiger partial charge in [0.05, 0.1) is 23.5 Å². The molecule has 1 aromatic heterocycles. The van der Waals surface area contributed by atoms with Crippen molar-refractivity contribution in [2.75, 3.05) is 5.32 Å². The lowest BCUT2D eigenvalue weighted by molar-refractivity contribution is 0.0997. The fourth-order valence-corrected chi connectivity index (χ4v) is 2.08. The molecule has 2 aromatic rings. The smallest absolute Gasteiger partial charge is 0.253 e. The first-order valence-electron chi connectivity index (χ1n) is 5.50. The monoisotopic (exact) mass is 323 g/mol. The van der Waals surface area contributed by atoms with Gasteiger partial charge in [-0.15, -0.1) is 0 Å². The minimum absolute atomic E-state index is 0.154. The van der Waals surface area contributed by atoms with Crippen LogP contribution in [0, 0.1) is 5.82 Å². The number of hydrogen-bond donors (Lipinski definition) is 2. The Morgan fingerprint density at radius 1 is 1.42 bits per heavy atom. The summed E-state index contributed by atoms with van der Waals surface area (Å²) in [5.74, 6) is -1.47. The highest BCUT2D eigenvalue weighted by Crippen LogP contribution is 2.25. The number of nitrogens with zero attached hydrogens (tertiary/aromatic N) is 1. The second-order valence-corrected chi connectivity index (χ2v) is 4.76. The highest BCUT2D eigenvalue weighted by Gasteiger charge is 2.15. The molecule has 0 bridgehead atoms. The average molecular weight is 324 g/mol. The molecule has 0 aliphatic rings. The number of halogens is 2. The van der Waals surface area contributed by atoms with Gasteiger partial charge in [0.1, 0.15) is 5.82 Å². The number of carbonyl (C=O) groups excluding carboxylic acids is 1. The van der Waals surface area contributed by atoms with Crippen molar-refractivity contribution in [3.63, 3.8) is 0 Å². The number of nitrogens with two attached hydrogens (primary N) is 1. The van der Waals surface area contributed by atoms with E-state index in [0.717, 1.165) is 5.69 Å². The Labute approximate surface area is 118 Å². The van der Waals surface area contributed by atoms with Crippen LogP contribution in [-0.2, 0) is 6.54 Å². The van der Waals surface area contributed by atoms with Crippen molar-refractivity contribution in [2.24, 2.45) is 5.73 Å². The summed E-state index contributed by atoms with van der Waals surface area (Å²) in [6.07, 6.45) is 1.66. The van der Waals surface area contributed by atoms with Crippen LogP contribution in [0.25, 0.3) is 0 Å². The maximum atomic E-state index is 13.7. The number of anilines is 1. The highest BCUT2D eigenvalue weighted by molar-refractivity contribution is 9.10. The zero-order chi connectivity index (χ0) is 13.8. The topological polar surface area (TPSA) is 68.0 Å². The lowest BCUT2D eigenvalue weighted by Crippen LogP contribution is -2.16. The average Bonchev–Trinajstić information content (AvgIpc) is 2.36. The molecule has 2 rings (SSSR count). The van der Waals surface area contributed by atoms with Gasteiger partial charge in [-0.05, 0) is 24.3 Å². The standard InChI is InChI=1S/C13H11BrFN3O/c14-8-5-10(15)12(13(16)19)11(6-8)18-7-9-3-1-2-4-17-9/h1-6,18H,7H2,(H2,16,19). The summed E-state index contributed by atoms with van der Waals surface area (Å²) >= 11 is 3.17. The van der Waals surface area contributed by atoms with E-state index in [-0.39, 0.29) is 5.56 Å². The van der Waals surface area contributed by atoms with E-state index in [1.165, 1.54) is 6.07 Å². The van der Waals surface area contributed by atoms with Gasteiger partial charge in [0.25, 0.3) is 5.91 Å². The van der Waals surface area contributed by atoms with Crippen LogP contribution in [0.1, 0.15) is 16.1 Å². The molecule has 98 valence electrons. The third kappa shape index (κ3) is 3.29. The van der Waals surface area contributed by atoms with E-state index in [4.69, 9.17) is 5.73 Å². The van der Waals surface area contributed by atoms with E-state index in [2.05, 4.69) is 26.2 Å². The Hall–Kier alpha value is -1.95. The largest absolute Gasteiger partial charge is 0.379 e. The first kappa shape index (κ1) is 13.5. The molecule has 0 saturated carbocycles. The van der Waals surface area contributed by atoms with Gasteiger partial charge >= 0.3 is 0 Å². The minimum atomic E-state index is -0.812. The summed E-state index contributed by atoms with van der Waals surface area (Å²) < 4.78 is 14.2. The Kier molecular flexibility index (Phi) is 4.11. The maximum absolute atomic E-state index is 13.7. The van der Waals surface area contributed by atoms with Gasteiger partial charge in [0, 0.05) is 10.7 Å². The van der Waals surface area contributed by atoms with Gasteiger partial charge in [-0.3, -0.25) is 9.78 Å². The summed E-state index contributed by atoms with van der Waals surface area (Å²) in [6.45, 7) is 0.372. The van der Waals surface area contributed by atoms with Crippen molar-refractivity contribution in [3.05, 3.63) is 58.1 Å². The van der Waals surface area contributed by atoms with E-state index in [0.29, 0.717) is 16.7 Å². The predicted molar refractivity (Wildman–Crippen MR) is 74.2 cm³/mol. The molecule has 1 heterocycles. The molecule has 0 atom stereocenters. The number of hydrogen-bond acceptors (Lipinski definition) is 3. The van der Waals surface area contributed by atoms with E-state index in [1.807, 2.05) is 12.1 Å². The molecule has 6 heteroatoms. The van der Waals surface area contributed by atoms with Gasteiger partial charge in [-0.2, -0.15) is 0 Å². The van der Waals surface area contributed by atoms with Crippen LogP contribution in [0.15, 0.2) is 41.0 Å². The SMILES string of the molecule is NC(=O)c1c(F)cc(Br)cc1NCc1ccccn1. The molecule has 19 heavy (non-hydrogen) atoms. The fraction of sp³-hybridized carbons (Fsp3) is 0.0769. The molecular weight excluding hydrogens is 313 g/mol. The van der Waals surface area contributed by atoms with Crippen LogP contribution in [0.4, 0.5) is 10.1 Å². The Bertz CT molecular complexity index is 604. The third-order valence-electron chi connectivity index (χ3n) is 2.49. The summed E-state index contributed by atoms with van der Waals surface area (Å²) in [5, 5.41) is 2.96. The number of rotatable bonds is 4. The molecular formula is C13H11BrFN3O. The maximum Gasteiger partial charge on any atom is 0.253 e. The quantitative estimate of drug-likeness (QED) is 0.909. The van der Waals surface area contributed by atoms with Crippen molar-refractivity contribution in [3.8, 4) is 0 Å². The van der Waals surface area contributed by atoms with Crippen molar-refractivity contribution in [2.45, 2.75) is 6.54 Å². The number of primary amides is 1. The number of amides is 1. The van der Waals surface area contributed by atoms with Gasteiger partial charge in [-0.25, -0.2) is 4.39 Å². The van der Waals surface area contributed by atoms with Crippen LogP contribution < -0.4 is 11.1 Å². The lowest BCUT2D eigenvalue weighted by atomic mass is 10.1. The molecule has 0 unspecified atom stereocenters. The van der Waals surface area contributed by atoms with Gasteiger partial charge in [0.2, 0.25) is 0 Å². The van der Waals surface area contributed by atoms with Crippen LogP contribution in [0.3, 0.4) is 0 Å². The molecule has 0 fully saturated rings. The predicted octanol–water partition coefficient (Wildman–Crippen LogP) is 2.69. The highest BCUT2D eigenvalue weighted by atomic mass is 79.9. The van der Waals surface area contributed by atoms with Crippen LogP contribution in [-0.4, -0.2) is 10.9 Å². The molecule has 0 saturated heterocycles. The molecule has 1 amide bonds. The van der Waals surface area contributed by atoms with Crippen LogP contribution in [0.2, 0.25) is 0 Å². The Morgan fingerprint density at radius 3 is 2.84 bits per heavy atom. The van der Waals surface area contributed by atoms with E-state index < -0.39 is 11.7 Å². The molecule has 1 aromatic carbocycles. The Morgan fingerprint density at radius 2 is 2.21 bits per heavy atom. The number of carbonyl (C=O) groups is 1. The first-order chi connectivity index (χ1) is 9.08. The number of pyridine rings is 1. The van der Waals surface area contributed by atoms with Crippen molar-refractivity contribution in [1.29, 1.82) is 0 Å². The van der Waals surface area contributed by atoms with Crippen LogP contribution in [0.5, 0.6) is 0 Å². The van der Waals surface area contributed by atoms with Gasteiger partial charge < -0.3 is 11.1 Å². The summed E-state index contributed by atoms with van der Waals surface area (Å²) in [7, 11) is 0. The molecule has 3 N–H and O–H groups in total. The number of benzene rings is 1. The van der Waals surface area contributed by atoms with Crippen molar-refractivity contribution in [1.82, 2.24) is 4.98 Å². The second-order valence-electron chi connectivity index (χ2n) is 3.85. The molecule has 0 spiro atoms. The molecule has 0 radical (unpaired) electrons. The number of nitrogens with one attached hydrogen (secondary N) is 1. The van der Waals surface area contributed by atoms with E-state index in [9.17, 15) is 9.18 Å². The van der Waals surface area contributed by atoms with Crippen molar-refractivity contribution < 1.29 is 9.18 Å². The zero-order valence-electron chi connectivity index (χ0n) is 9.86. The molecule has 4 nitrogen and oxygen atoms in total. The van der Waals surface area contributed by atoms with E-state index in [1.54, 1.807) is 18.3 Å². The molecule has 0 aliphatic carbocycles. The van der Waals surface area contributed by atoms with Crippen LogP contribution >= 0.6 is 15.9 Å². The lowest BCUT2D eigenvalue weighted by Gasteiger charge is -2.11. The fourth-order valence-electron chi connectivity index (χ4n) is 1.65. The van der Waals surface area contributed by atoms with Gasteiger partial charge in [-0.1, -0.05) is 22.0 Å². The summed E-state index contributed by atoms with van der Waals surface area (Å²) in [5.41, 5.74) is 6.15. The second kappa shape index (κ2) is 5.79. The zero-order valence-corrected chi connectivity index (χ0v) is 11.4. The Balaban J connectivity index is 2.27. The minimum Gasteiger partial charge on any atom is -0.379 e. The first-order valence-corrected chi connectivity index (χ1v) is 6.30. The van der Waals surface area contributed by atoms with Crippen molar-refractivity contribution >= 4 is 27.5 Å². The summed E-state index contributed by atoms with van der Waals surface area (Å²) in [6, 6.07) is 8.28. The van der Waals surface area contributed by atoms with E-state index >= 15 is 0 Å². The van der Waals surface area contributed by atoms with Gasteiger partial charge in [0.15, 0.2) is 0 Å². The molecule has 0 aliphatic heterocycles. The summed E-state index contributed by atoms with van der Waals surface area (Å²) in [4.78, 5) is 15.4. The normalized spacial score (nSPS) is 10.2.